The molecule has 9 rings (SSSR count). The third kappa shape index (κ3) is 7.90. The summed E-state index contributed by atoms with van der Waals surface area (Å²) in [6, 6.07) is 26.4. The van der Waals surface area contributed by atoms with Crippen LogP contribution in [0.4, 0.5) is 0 Å². The van der Waals surface area contributed by atoms with Crippen molar-refractivity contribution in [2.75, 3.05) is 13.2 Å². The number of rotatable bonds is 8. The predicted octanol–water partition coefficient (Wildman–Crippen LogP) is 9.43. The Hall–Kier alpha value is -6.67. The van der Waals surface area contributed by atoms with E-state index in [4.69, 9.17) is 28.0 Å². The number of carbonyl (C=O) groups excluding carboxylic acids is 1. The molecule has 0 N–H and O–H groups in total. The van der Waals surface area contributed by atoms with E-state index in [1.54, 1.807) is 30.3 Å². The summed E-state index contributed by atoms with van der Waals surface area (Å²) >= 11 is 0. The molecule has 13 nitrogen and oxygen atoms in total. The zero-order chi connectivity index (χ0) is 42.2. The highest BCUT2D eigenvalue weighted by atomic mass is 16.7. The zero-order valence-electron chi connectivity index (χ0n) is 34.4. The lowest BCUT2D eigenvalue weighted by atomic mass is 9.93. The Morgan fingerprint density at radius 1 is 0.667 bits per heavy atom. The Bertz CT molecular complexity index is 2670. The third-order valence-corrected chi connectivity index (χ3v) is 10.5. The smallest absolute Gasteiger partial charge is 0.258 e. The van der Waals surface area contributed by atoms with Crippen LogP contribution in [0.25, 0.3) is 45.7 Å². The van der Waals surface area contributed by atoms with Gasteiger partial charge in [0.25, 0.3) is 11.8 Å². The molecule has 13 heteroatoms. The van der Waals surface area contributed by atoms with Gasteiger partial charge >= 0.3 is 0 Å². The monoisotopic (exact) mass is 804 g/mol. The van der Waals surface area contributed by atoms with Gasteiger partial charge in [0.05, 0.1) is 36.5 Å². The Morgan fingerprint density at radius 3 is 1.72 bits per heavy atom. The molecule has 0 radical (unpaired) electrons. The van der Waals surface area contributed by atoms with Gasteiger partial charge < -0.3 is 28.0 Å². The number of benzene rings is 4. The summed E-state index contributed by atoms with van der Waals surface area (Å²) in [5, 5.41) is 27.2. The molecule has 2 aliphatic carbocycles. The number of nitriles is 2. The number of nitrogens with zero attached hydrogens (tertiary/aromatic N) is 6. The first-order valence-corrected chi connectivity index (χ1v) is 20.0. The lowest BCUT2D eigenvalue weighted by Gasteiger charge is -2.42. The highest BCUT2D eigenvalue weighted by molar-refractivity contribution is 6.02. The van der Waals surface area contributed by atoms with Crippen molar-refractivity contribution in [1.29, 1.82) is 10.5 Å². The molecule has 0 amide bonds. The van der Waals surface area contributed by atoms with Crippen LogP contribution in [0.5, 0.6) is 11.5 Å². The minimum atomic E-state index is -0.693. The van der Waals surface area contributed by atoms with Crippen molar-refractivity contribution >= 4 is 5.78 Å². The molecule has 0 bridgehead atoms. The van der Waals surface area contributed by atoms with E-state index in [0.29, 0.717) is 83.2 Å². The number of aromatic nitrogens is 4. The molecule has 3 heterocycles. The molecular weight excluding hydrogens is 761 g/mol. The van der Waals surface area contributed by atoms with E-state index in [2.05, 4.69) is 52.3 Å². The lowest BCUT2D eigenvalue weighted by Crippen LogP contribution is -2.44. The molecule has 6 aromatic rings. The maximum atomic E-state index is 11.9. The third-order valence-electron chi connectivity index (χ3n) is 10.5. The van der Waals surface area contributed by atoms with E-state index >= 15 is 0 Å². The van der Waals surface area contributed by atoms with Crippen molar-refractivity contribution in [3.05, 3.63) is 106 Å². The highest BCUT2D eigenvalue weighted by Gasteiger charge is 2.47. The standard InChI is InChI=1S/C26H27N3O4.C21H17N3O3/c1-16(2)32-22-9-8-17(12-18(22)13-27)24-28-23(29-33-24)20-6-5-7-21-19(20)10-11-26(21)30-14-25(3,4)15-31-26;1-12(2)26-19-9-6-13(10-14(19)11-22)21-23-20(24-27-21)17-5-3-4-16-15(17)7-8-18(16)25/h5-9,12,16H,10-11,14-15H2,1-4H3;3-6,9-10,12H,7-8H2,1-2H3. The van der Waals surface area contributed by atoms with Crippen molar-refractivity contribution < 1.29 is 32.8 Å². The summed E-state index contributed by atoms with van der Waals surface area (Å²) in [4.78, 5) is 21.1. The summed E-state index contributed by atoms with van der Waals surface area (Å²) < 4.78 is 34.9. The summed E-state index contributed by atoms with van der Waals surface area (Å²) in [6.07, 6.45) is 2.73. The van der Waals surface area contributed by atoms with E-state index in [1.807, 2.05) is 64.1 Å². The fourth-order valence-electron chi connectivity index (χ4n) is 7.67. The van der Waals surface area contributed by atoms with Gasteiger partial charge in [0.1, 0.15) is 23.6 Å². The average Bonchev–Trinajstić information content (AvgIpc) is 4.07. The SMILES string of the molecule is CC(C)Oc1ccc(-c2nc(-c3cccc4c3CCC43OCC(C)(C)CO3)no2)cc1C#N.CC(C)Oc1ccc(-c2nc(-c3cccc4c3CCC4=O)no2)cc1C#N. The van der Waals surface area contributed by atoms with Crippen LogP contribution in [0.1, 0.15) is 92.6 Å². The number of Topliss-reactive ketones (excluding diaryl/α,β-unsaturated/α-hetero) is 1. The van der Waals surface area contributed by atoms with Crippen LogP contribution in [-0.2, 0) is 28.1 Å². The second-order valence-electron chi connectivity index (χ2n) is 16.4. The molecule has 0 saturated carbocycles. The number of carbonyl (C=O) groups is 1. The summed E-state index contributed by atoms with van der Waals surface area (Å²) in [7, 11) is 0. The van der Waals surface area contributed by atoms with Gasteiger partial charge in [-0.25, -0.2) is 0 Å². The molecule has 1 saturated heterocycles. The van der Waals surface area contributed by atoms with Crippen LogP contribution < -0.4 is 9.47 Å². The van der Waals surface area contributed by atoms with Gasteiger partial charge in [-0.1, -0.05) is 60.6 Å². The van der Waals surface area contributed by atoms with Crippen molar-refractivity contribution in [2.45, 2.75) is 85.2 Å². The normalized spacial score (nSPS) is 15.9. The minimum absolute atomic E-state index is 0.00617. The Morgan fingerprint density at radius 2 is 1.18 bits per heavy atom. The van der Waals surface area contributed by atoms with Gasteiger partial charge in [-0.3, -0.25) is 4.79 Å². The molecular formula is C47H44N6O7. The van der Waals surface area contributed by atoms with Crippen LogP contribution >= 0.6 is 0 Å². The van der Waals surface area contributed by atoms with Crippen LogP contribution in [0.3, 0.4) is 0 Å². The summed E-state index contributed by atoms with van der Waals surface area (Å²) in [5.41, 5.74) is 7.76. The molecule has 2 aromatic heterocycles. The number of hydrogen-bond acceptors (Lipinski definition) is 13. The first-order valence-electron chi connectivity index (χ1n) is 20.0. The molecule has 60 heavy (non-hydrogen) atoms. The average molecular weight is 805 g/mol. The second-order valence-corrected chi connectivity index (χ2v) is 16.4. The Kier molecular flexibility index (Phi) is 10.8. The summed E-state index contributed by atoms with van der Waals surface area (Å²) in [6.45, 7) is 13.3. The van der Waals surface area contributed by atoms with Gasteiger partial charge in [0.15, 0.2) is 11.6 Å². The molecule has 1 aliphatic heterocycles. The molecule has 1 spiro atoms. The Labute approximate surface area is 347 Å². The molecule has 0 atom stereocenters. The molecule has 4 aromatic carbocycles. The number of ketones is 1. The number of ether oxygens (including phenoxy) is 4. The van der Waals surface area contributed by atoms with Crippen molar-refractivity contribution in [3.8, 4) is 69.3 Å². The van der Waals surface area contributed by atoms with Gasteiger partial charge in [0.2, 0.25) is 11.6 Å². The fraction of sp³-hybridized carbons (Fsp3) is 0.340. The van der Waals surface area contributed by atoms with Crippen LogP contribution in [-0.4, -0.2) is 51.5 Å². The van der Waals surface area contributed by atoms with E-state index < -0.39 is 5.79 Å². The first-order chi connectivity index (χ1) is 28.9. The minimum Gasteiger partial charge on any atom is -0.490 e. The Balaban J connectivity index is 0.000000170. The quantitative estimate of drug-likeness (QED) is 0.142. The van der Waals surface area contributed by atoms with E-state index in [1.165, 1.54) is 0 Å². The second kappa shape index (κ2) is 16.2. The first kappa shape index (κ1) is 40.1. The van der Waals surface area contributed by atoms with Crippen LogP contribution in [0, 0.1) is 28.1 Å². The maximum absolute atomic E-state index is 11.9. The fourth-order valence-corrected chi connectivity index (χ4v) is 7.67. The van der Waals surface area contributed by atoms with E-state index in [-0.39, 0.29) is 23.4 Å². The molecule has 304 valence electrons. The van der Waals surface area contributed by atoms with Crippen molar-refractivity contribution in [2.24, 2.45) is 5.41 Å². The van der Waals surface area contributed by atoms with Crippen molar-refractivity contribution in [3.63, 3.8) is 0 Å². The van der Waals surface area contributed by atoms with Crippen LogP contribution in [0.2, 0.25) is 0 Å². The molecule has 0 unspecified atom stereocenters. The molecule has 3 aliphatic rings. The van der Waals surface area contributed by atoms with E-state index in [9.17, 15) is 15.3 Å². The summed E-state index contributed by atoms with van der Waals surface area (Å²) in [5.74, 6) is 2.15. The molecule has 1 fully saturated rings. The van der Waals surface area contributed by atoms with E-state index in [0.717, 1.165) is 46.2 Å². The number of fused-ring (bicyclic) bond motifs is 3. The van der Waals surface area contributed by atoms with Gasteiger partial charge in [-0.2, -0.15) is 20.5 Å². The van der Waals surface area contributed by atoms with Crippen molar-refractivity contribution in [1.82, 2.24) is 20.3 Å². The maximum Gasteiger partial charge on any atom is 0.258 e. The topological polar surface area (TPSA) is 179 Å². The number of hydrogen-bond donors (Lipinski definition) is 0. The van der Waals surface area contributed by atoms with Crippen LogP contribution in [0.15, 0.2) is 81.8 Å². The predicted molar refractivity (Wildman–Crippen MR) is 220 cm³/mol. The van der Waals surface area contributed by atoms with Gasteiger partial charge in [-0.15, -0.1) is 0 Å². The zero-order valence-corrected chi connectivity index (χ0v) is 34.4. The highest BCUT2D eigenvalue weighted by Crippen LogP contribution is 2.48. The lowest BCUT2D eigenvalue weighted by molar-refractivity contribution is -0.306. The largest absolute Gasteiger partial charge is 0.490 e. The van der Waals surface area contributed by atoms with Gasteiger partial charge in [-0.05, 0) is 88.1 Å². The van der Waals surface area contributed by atoms with Gasteiger partial charge in [0, 0.05) is 51.6 Å².